The molecule has 0 amide bonds. The molecule has 1 N–H and O–H groups in total. The van der Waals surface area contributed by atoms with Crippen LogP contribution in [0.1, 0.15) is 46.0 Å². The van der Waals surface area contributed by atoms with E-state index in [0.717, 1.165) is 31.4 Å². The summed E-state index contributed by atoms with van der Waals surface area (Å²) in [6, 6.07) is 0. The molecular formula is C9H21O2PS2. The van der Waals surface area contributed by atoms with Gasteiger partial charge in [0.15, 0.2) is 0 Å². The summed E-state index contributed by atoms with van der Waals surface area (Å²) < 4.78 is 5.32. The Bertz CT molecular complexity index is 176. The topological polar surface area (TPSA) is 29.5 Å². The van der Waals surface area contributed by atoms with Crippen LogP contribution in [0.15, 0.2) is 0 Å². The first-order valence-corrected chi connectivity index (χ1v) is 9.50. The summed E-state index contributed by atoms with van der Waals surface area (Å²) in [6.45, 7) is 4.88. The molecule has 0 rings (SSSR count). The average molecular weight is 256 g/mol. The fraction of sp³-hybridized carbons (Fsp3) is 1.00. The van der Waals surface area contributed by atoms with Crippen molar-refractivity contribution < 1.29 is 9.42 Å². The normalized spacial score (nSPS) is 15.4. The molecule has 86 valence electrons. The Balaban J connectivity index is 3.46. The van der Waals surface area contributed by atoms with Gasteiger partial charge in [-0.3, -0.25) is 0 Å². The second-order valence-corrected chi connectivity index (χ2v) is 9.50. The van der Waals surface area contributed by atoms with Crippen molar-refractivity contribution in [2.45, 2.75) is 46.0 Å². The molecule has 1 atom stereocenters. The standard InChI is InChI=1S/C9H21O2PS2/c1-3-5-7-8-11-12(10,13)14-9-6-4-2/h3-9H2,1-2H3,(H,10,13). The lowest BCUT2D eigenvalue weighted by atomic mass is 10.3. The zero-order valence-electron chi connectivity index (χ0n) is 9.07. The molecule has 1 unspecified atom stereocenters. The van der Waals surface area contributed by atoms with Crippen LogP contribution in [0.4, 0.5) is 0 Å². The van der Waals surface area contributed by atoms with Crippen molar-refractivity contribution in [2.24, 2.45) is 0 Å². The third kappa shape index (κ3) is 9.47. The summed E-state index contributed by atoms with van der Waals surface area (Å²) in [7, 11) is 0. The van der Waals surface area contributed by atoms with Crippen LogP contribution in [-0.2, 0) is 16.3 Å². The molecule has 0 bridgehead atoms. The predicted octanol–water partition coefficient (Wildman–Crippen LogP) is 3.94. The highest BCUT2D eigenvalue weighted by atomic mass is 32.9. The number of hydrogen-bond acceptors (Lipinski definition) is 3. The van der Waals surface area contributed by atoms with E-state index in [1.165, 1.54) is 17.8 Å². The van der Waals surface area contributed by atoms with Crippen LogP contribution in [0, 0.1) is 0 Å². The molecule has 0 aliphatic carbocycles. The monoisotopic (exact) mass is 256 g/mol. The van der Waals surface area contributed by atoms with Crippen LogP contribution < -0.4 is 0 Å². The third-order valence-electron chi connectivity index (χ3n) is 1.75. The van der Waals surface area contributed by atoms with Gasteiger partial charge in [0, 0.05) is 5.75 Å². The number of hydrogen-bond donors (Lipinski definition) is 1. The quantitative estimate of drug-likeness (QED) is 0.500. The largest absolute Gasteiger partial charge is 0.337 e. The van der Waals surface area contributed by atoms with E-state index in [0.29, 0.717) is 6.61 Å². The van der Waals surface area contributed by atoms with Gasteiger partial charge >= 0.3 is 0 Å². The van der Waals surface area contributed by atoms with Gasteiger partial charge < -0.3 is 9.42 Å². The van der Waals surface area contributed by atoms with Crippen molar-refractivity contribution in [3.05, 3.63) is 0 Å². The van der Waals surface area contributed by atoms with Gasteiger partial charge in [0.2, 0.25) is 5.69 Å². The molecule has 0 spiro atoms. The molecule has 0 fully saturated rings. The smallest absolute Gasteiger partial charge is 0.244 e. The van der Waals surface area contributed by atoms with Crippen LogP contribution >= 0.6 is 17.1 Å². The molecule has 0 aliphatic heterocycles. The van der Waals surface area contributed by atoms with E-state index in [1.54, 1.807) is 0 Å². The van der Waals surface area contributed by atoms with Gasteiger partial charge in [-0.2, -0.15) is 0 Å². The van der Waals surface area contributed by atoms with Gasteiger partial charge in [-0.25, -0.2) is 0 Å². The molecule has 0 aromatic rings. The van der Waals surface area contributed by atoms with Crippen LogP contribution in [-0.4, -0.2) is 17.3 Å². The van der Waals surface area contributed by atoms with Crippen molar-refractivity contribution in [2.75, 3.05) is 12.4 Å². The molecule has 0 radical (unpaired) electrons. The van der Waals surface area contributed by atoms with E-state index >= 15 is 0 Å². The van der Waals surface area contributed by atoms with Crippen LogP contribution in [0.3, 0.4) is 0 Å². The van der Waals surface area contributed by atoms with Gasteiger partial charge in [-0.05, 0) is 24.6 Å². The summed E-state index contributed by atoms with van der Waals surface area (Å²) in [5, 5.41) is 0. The molecule has 14 heavy (non-hydrogen) atoms. The van der Waals surface area contributed by atoms with Crippen molar-refractivity contribution >= 4 is 28.9 Å². The highest BCUT2D eigenvalue weighted by Crippen LogP contribution is 2.56. The van der Waals surface area contributed by atoms with Gasteiger partial charge in [0.1, 0.15) is 0 Å². The fourth-order valence-corrected chi connectivity index (χ4v) is 4.40. The molecule has 0 aromatic heterocycles. The first-order valence-electron chi connectivity index (χ1n) is 5.24. The maximum absolute atomic E-state index is 9.71. The molecule has 0 heterocycles. The minimum atomic E-state index is -2.51. The maximum atomic E-state index is 9.71. The third-order valence-corrected chi connectivity index (χ3v) is 6.17. The van der Waals surface area contributed by atoms with E-state index in [2.05, 4.69) is 13.8 Å². The molecule has 5 heteroatoms. The second-order valence-electron chi connectivity index (χ2n) is 3.20. The molecule has 0 aliphatic rings. The first-order chi connectivity index (χ1) is 6.62. The Labute approximate surface area is 96.7 Å². The van der Waals surface area contributed by atoms with E-state index in [4.69, 9.17) is 16.3 Å². The van der Waals surface area contributed by atoms with Gasteiger partial charge in [0.05, 0.1) is 6.61 Å². The average Bonchev–Trinajstić information content (AvgIpc) is 2.13. The Morgan fingerprint density at radius 1 is 1.21 bits per heavy atom. The number of unbranched alkanes of at least 4 members (excludes halogenated alkanes) is 3. The lowest BCUT2D eigenvalue weighted by molar-refractivity contribution is 0.309. The van der Waals surface area contributed by atoms with Gasteiger partial charge in [0.25, 0.3) is 0 Å². The van der Waals surface area contributed by atoms with Crippen molar-refractivity contribution in [3.8, 4) is 0 Å². The molecule has 2 nitrogen and oxygen atoms in total. The van der Waals surface area contributed by atoms with Crippen LogP contribution in [0.2, 0.25) is 0 Å². The molecule has 0 saturated heterocycles. The minimum absolute atomic E-state index is 0.612. The predicted molar refractivity (Wildman–Crippen MR) is 69.3 cm³/mol. The van der Waals surface area contributed by atoms with Crippen LogP contribution in [0.25, 0.3) is 0 Å². The lowest BCUT2D eigenvalue weighted by Gasteiger charge is -2.14. The minimum Gasteiger partial charge on any atom is -0.337 e. The second kappa shape index (κ2) is 9.17. The van der Waals surface area contributed by atoms with Gasteiger partial charge in [-0.1, -0.05) is 44.5 Å². The summed E-state index contributed by atoms with van der Waals surface area (Å²) in [4.78, 5) is 9.71. The Hall–Kier alpha value is 0.920. The highest BCUT2D eigenvalue weighted by molar-refractivity contribution is 8.67. The van der Waals surface area contributed by atoms with Crippen molar-refractivity contribution in [1.29, 1.82) is 0 Å². The van der Waals surface area contributed by atoms with Crippen molar-refractivity contribution in [1.82, 2.24) is 0 Å². The molecule has 0 aromatic carbocycles. The summed E-state index contributed by atoms with van der Waals surface area (Å²) in [5.74, 6) is 0.915. The van der Waals surface area contributed by atoms with E-state index in [-0.39, 0.29) is 0 Å². The van der Waals surface area contributed by atoms with Crippen LogP contribution in [0.5, 0.6) is 0 Å². The Morgan fingerprint density at radius 3 is 2.43 bits per heavy atom. The summed E-state index contributed by atoms with van der Waals surface area (Å²) in [6.07, 6.45) is 5.56. The highest BCUT2D eigenvalue weighted by Gasteiger charge is 2.13. The van der Waals surface area contributed by atoms with Crippen molar-refractivity contribution in [3.63, 3.8) is 0 Å². The summed E-state index contributed by atoms with van der Waals surface area (Å²) in [5.41, 5.74) is -2.51. The van der Waals surface area contributed by atoms with E-state index in [9.17, 15) is 4.89 Å². The molecular weight excluding hydrogens is 235 g/mol. The fourth-order valence-electron chi connectivity index (χ4n) is 0.893. The zero-order chi connectivity index (χ0) is 10.9. The maximum Gasteiger partial charge on any atom is 0.244 e. The Kier molecular flexibility index (Phi) is 9.77. The SMILES string of the molecule is CCCCCOP(O)(=S)SCCCC. The molecule has 0 saturated carbocycles. The van der Waals surface area contributed by atoms with Gasteiger partial charge in [-0.15, -0.1) is 0 Å². The van der Waals surface area contributed by atoms with E-state index < -0.39 is 5.69 Å². The van der Waals surface area contributed by atoms with E-state index in [1.807, 2.05) is 0 Å². The number of rotatable bonds is 9. The first kappa shape index (κ1) is 14.9. The zero-order valence-corrected chi connectivity index (χ0v) is 11.6. The lowest BCUT2D eigenvalue weighted by Crippen LogP contribution is -1.91. The summed E-state index contributed by atoms with van der Waals surface area (Å²) >= 11 is 6.43. The Morgan fingerprint density at radius 2 is 1.86 bits per heavy atom.